The van der Waals surface area contributed by atoms with Crippen LogP contribution in [0.5, 0.6) is 11.5 Å². The van der Waals surface area contributed by atoms with E-state index in [1.807, 2.05) is 0 Å². The lowest BCUT2D eigenvalue weighted by Crippen LogP contribution is -2.20. The van der Waals surface area contributed by atoms with Gasteiger partial charge in [-0.3, -0.25) is 4.79 Å². The van der Waals surface area contributed by atoms with Crippen LogP contribution in [0.15, 0.2) is 60.4 Å². The Kier molecular flexibility index (Phi) is 11.5. The number of nitrogens with one attached hydrogen (secondary N) is 1. The predicted molar refractivity (Wildman–Crippen MR) is 137 cm³/mol. The second kappa shape index (κ2) is 14.6. The Labute approximate surface area is 212 Å². The Hall–Kier alpha value is -3.81. The minimum absolute atomic E-state index is 0.158. The second-order valence-corrected chi connectivity index (χ2v) is 8.58. The summed E-state index contributed by atoms with van der Waals surface area (Å²) < 4.78 is 21.7. The van der Waals surface area contributed by atoms with Crippen molar-refractivity contribution < 1.29 is 33.3 Å². The molecule has 0 bridgehead atoms. The zero-order valence-corrected chi connectivity index (χ0v) is 21.5. The fourth-order valence-corrected chi connectivity index (χ4v) is 2.99. The first-order valence-electron chi connectivity index (χ1n) is 12.1. The summed E-state index contributed by atoms with van der Waals surface area (Å²) in [4.78, 5) is 37.6. The third kappa shape index (κ3) is 9.82. The number of rotatable bonds is 13. The lowest BCUT2D eigenvalue weighted by atomic mass is 10.2. The van der Waals surface area contributed by atoms with E-state index in [2.05, 4.69) is 12.2 Å². The zero-order valence-electron chi connectivity index (χ0n) is 21.5. The molecule has 0 fully saturated rings. The molecule has 194 valence electrons. The van der Waals surface area contributed by atoms with Crippen molar-refractivity contribution in [2.75, 3.05) is 11.9 Å². The average Bonchev–Trinajstić information content (AvgIpc) is 2.82. The Morgan fingerprint density at radius 2 is 1.56 bits per heavy atom. The van der Waals surface area contributed by atoms with Crippen molar-refractivity contribution in [3.05, 3.63) is 65.9 Å². The number of ether oxygens (including phenoxy) is 4. The van der Waals surface area contributed by atoms with Gasteiger partial charge in [-0.1, -0.05) is 31.9 Å². The van der Waals surface area contributed by atoms with Crippen molar-refractivity contribution in [1.82, 2.24) is 0 Å². The molecule has 0 aliphatic carbocycles. The monoisotopic (exact) mass is 497 g/mol. The average molecular weight is 498 g/mol. The first kappa shape index (κ1) is 28.4. The van der Waals surface area contributed by atoms with Crippen LogP contribution in [-0.4, -0.2) is 36.7 Å². The van der Waals surface area contributed by atoms with Gasteiger partial charge in [0.25, 0.3) is 5.91 Å². The highest BCUT2D eigenvalue weighted by molar-refractivity contribution is 6.05. The summed E-state index contributed by atoms with van der Waals surface area (Å²) in [5.74, 6) is -1.47. The summed E-state index contributed by atoms with van der Waals surface area (Å²) in [5, 5.41) is 2.78. The van der Waals surface area contributed by atoms with Gasteiger partial charge in [0.15, 0.2) is 5.75 Å². The van der Waals surface area contributed by atoms with Crippen molar-refractivity contribution in [3.8, 4) is 11.5 Å². The van der Waals surface area contributed by atoms with Gasteiger partial charge >= 0.3 is 11.9 Å². The lowest BCUT2D eigenvalue weighted by molar-refractivity contribution is -0.147. The van der Waals surface area contributed by atoms with Crippen molar-refractivity contribution in [2.45, 2.75) is 66.1 Å². The van der Waals surface area contributed by atoms with Crippen LogP contribution in [0.3, 0.4) is 0 Å². The number of amides is 1. The van der Waals surface area contributed by atoms with Crippen LogP contribution >= 0.6 is 0 Å². The minimum atomic E-state index is -0.832. The van der Waals surface area contributed by atoms with Crippen LogP contribution in [0.1, 0.15) is 64.2 Å². The van der Waals surface area contributed by atoms with Crippen LogP contribution < -0.4 is 14.8 Å². The molecule has 0 aromatic heterocycles. The fourth-order valence-electron chi connectivity index (χ4n) is 2.99. The molecule has 0 aliphatic heterocycles. The van der Waals surface area contributed by atoms with Crippen LogP contribution in [0, 0.1) is 0 Å². The summed E-state index contributed by atoms with van der Waals surface area (Å²) >= 11 is 0. The van der Waals surface area contributed by atoms with E-state index in [9.17, 15) is 14.4 Å². The molecule has 36 heavy (non-hydrogen) atoms. The summed E-state index contributed by atoms with van der Waals surface area (Å²) in [6.07, 6.45) is 3.32. The highest BCUT2D eigenvalue weighted by Crippen LogP contribution is 2.27. The number of anilines is 1. The number of hydrogen-bond acceptors (Lipinski definition) is 7. The summed E-state index contributed by atoms with van der Waals surface area (Å²) in [5.41, 5.74) is 0.726. The molecule has 0 atom stereocenters. The standard InChI is InChI=1S/C28H35NO7/c1-6-7-10-17-33-22-15-13-21(14-16-22)27(31)29-23-11-8-9-12-24(23)36-25(28(32)35-20(4)5)18-26(30)34-19(2)3/h8-9,11-16,18-20H,6-7,10,17H2,1-5H3,(H,29,31)/b25-18+. The van der Waals surface area contributed by atoms with Crippen molar-refractivity contribution in [3.63, 3.8) is 0 Å². The second-order valence-electron chi connectivity index (χ2n) is 8.58. The Bertz CT molecular complexity index is 1040. The SMILES string of the molecule is CCCCCOc1ccc(C(=O)Nc2ccccc2O/C(=C/C(=O)OC(C)C)C(=O)OC(C)C)cc1. The molecule has 2 aromatic carbocycles. The molecule has 0 heterocycles. The number of benzene rings is 2. The first-order valence-corrected chi connectivity index (χ1v) is 12.1. The molecule has 1 amide bonds. The highest BCUT2D eigenvalue weighted by Gasteiger charge is 2.20. The number of hydrogen-bond donors (Lipinski definition) is 1. The molecule has 8 nitrogen and oxygen atoms in total. The molecule has 1 N–H and O–H groups in total. The number of para-hydroxylation sites is 2. The van der Waals surface area contributed by atoms with E-state index >= 15 is 0 Å². The molecule has 0 unspecified atom stereocenters. The predicted octanol–water partition coefficient (Wildman–Crippen LogP) is 5.67. The molecule has 8 heteroatoms. The number of carbonyl (C=O) groups is 3. The topological polar surface area (TPSA) is 100 Å². The third-order valence-electron chi connectivity index (χ3n) is 4.63. The normalized spacial score (nSPS) is 11.2. The van der Waals surface area contributed by atoms with E-state index in [1.165, 1.54) is 0 Å². The van der Waals surface area contributed by atoms with Crippen LogP contribution in [-0.2, 0) is 19.1 Å². The molecule has 0 saturated carbocycles. The van der Waals surface area contributed by atoms with Crippen molar-refractivity contribution in [1.29, 1.82) is 0 Å². The third-order valence-corrected chi connectivity index (χ3v) is 4.63. The van der Waals surface area contributed by atoms with Gasteiger partial charge in [0.05, 0.1) is 30.6 Å². The molecule has 2 aromatic rings. The molecule has 0 radical (unpaired) electrons. The number of unbranched alkanes of at least 4 members (excludes halogenated alkanes) is 2. The number of carbonyl (C=O) groups excluding carboxylic acids is 3. The van der Waals surface area contributed by atoms with Gasteiger partial charge in [0.2, 0.25) is 5.76 Å². The van der Waals surface area contributed by atoms with Gasteiger partial charge in [-0.25, -0.2) is 9.59 Å². The fraction of sp³-hybridized carbons (Fsp3) is 0.393. The van der Waals surface area contributed by atoms with E-state index in [1.54, 1.807) is 76.2 Å². The van der Waals surface area contributed by atoms with Gasteiger partial charge in [-0.2, -0.15) is 0 Å². The summed E-state index contributed by atoms with van der Waals surface area (Å²) in [7, 11) is 0. The van der Waals surface area contributed by atoms with Gasteiger partial charge in [0, 0.05) is 5.56 Å². The Morgan fingerprint density at radius 3 is 2.19 bits per heavy atom. The van der Waals surface area contributed by atoms with E-state index in [-0.39, 0.29) is 23.5 Å². The minimum Gasteiger partial charge on any atom is -0.494 e. The summed E-state index contributed by atoms with van der Waals surface area (Å²) in [6.45, 7) is 9.49. The quantitative estimate of drug-likeness (QED) is 0.165. The smallest absolute Gasteiger partial charge is 0.374 e. The highest BCUT2D eigenvalue weighted by atomic mass is 16.6. The molecule has 0 spiro atoms. The molecular weight excluding hydrogens is 462 g/mol. The van der Waals surface area contributed by atoms with Gasteiger partial charge in [0.1, 0.15) is 5.75 Å². The van der Waals surface area contributed by atoms with Gasteiger partial charge in [-0.05, 0) is 70.5 Å². The molecule has 0 saturated heterocycles. The van der Waals surface area contributed by atoms with Crippen LogP contribution in [0.4, 0.5) is 5.69 Å². The maximum Gasteiger partial charge on any atom is 0.374 e. The van der Waals surface area contributed by atoms with Crippen LogP contribution in [0.2, 0.25) is 0 Å². The zero-order chi connectivity index (χ0) is 26.5. The summed E-state index contributed by atoms with van der Waals surface area (Å²) in [6, 6.07) is 13.4. The van der Waals surface area contributed by atoms with E-state index in [0.717, 1.165) is 25.3 Å². The van der Waals surface area contributed by atoms with Crippen molar-refractivity contribution in [2.24, 2.45) is 0 Å². The Balaban J connectivity index is 2.17. The maximum absolute atomic E-state index is 12.9. The van der Waals surface area contributed by atoms with Crippen molar-refractivity contribution >= 4 is 23.5 Å². The van der Waals surface area contributed by atoms with E-state index in [0.29, 0.717) is 23.6 Å². The van der Waals surface area contributed by atoms with Gasteiger partial charge < -0.3 is 24.3 Å². The van der Waals surface area contributed by atoms with E-state index in [4.69, 9.17) is 18.9 Å². The Morgan fingerprint density at radius 1 is 0.889 bits per heavy atom. The molecule has 0 aliphatic rings. The lowest BCUT2D eigenvalue weighted by Gasteiger charge is -2.15. The molecular formula is C28H35NO7. The largest absolute Gasteiger partial charge is 0.494 e. The first-order chi connectivity index (χ1) is 17.2. The maximum atomic E-state index is 12.9. The molecule has 2 rings (SSSR count). The number of esters is 2. The van der Waals surface area contributed by atoms with Crippen LogP contribution in [0.25, 0.3) is 0 Å². The van der Waals surface area contributed by atoms with E-state index < -0.39 is 18.0 Å². The van der Waals surface area contributed by atoms with Gasteiger partial charge in [-0.15, -0.1) is 0 Å².